The van der Waals surface area contributed by atoms with Gasteiger partial charge in [-0.1, -0.05) is 6.07 Å². The molecule has 38 heavy (non-hydrogen) atoms. The Morgan fingerprint density at radius 2 is 1.87 bits per heavy atom. The van der Waals surface area contributed by atoms with Crippen molar-refractivity contribution in [3.8, 4) is 11.4 Å². The highest BCUT2D eigenvalue weighted by molar-refractivity contribution is 8.25. The molecule has 3 heterocycles. The first kappa shape index (κ1) is 27.8. The number of anilines is 3. The molecule has 2 aromatic heterocycles. The van der Waals surface area contributed by atoms with Crippen molar-refractivity contribution in [2.24, 2.45) is 0 Å². The first-order valence-electron chi connectivity index (χ1n) is 12.6. The van der Waals surface area contributed by atoms with Gasteiger partial charge >= 0.3 is 6.03 Å². The first-order valence-corrected chi connectivity index (χ1v) is 14.2. The molecule has 0 spiro atoms. The Labute approximate surface area is 225 Å². The summed E-state index contributed by atoms with van der Waals surface area (Å²) in [6, 6.07) is 14.0. The lowest BCUT2D eigenvalue weighted by atomic mass is 10.1. The molecule has 11 heteroatoms. The number of aromatic nitrogens is 3. The highest BCUT2D eigenvalue weighted by Crippen LogP contribution is 2.60. The van der Waals surface area contributed by atoms with E-state index in [0.717, 1.165) is 5.56 Å². The summed E-state index contributed by atoms with van der Waals surface area (Å²) in [6.07, 6.45) is 1.60. The van der Waals surface area contributed by atoms with Crippen LogP contribution in [0.25, 0.3) is 11.4 Å². The van der Waals surface area contributed by atoms with Gasteiger partial charge < -0.3 is 15.0 Å². The van der Waals surface area contributed by atoms with Crippen LogP contribution in [0.2, 0.25) is 0 Å². The average Bonchev–Trinajstić information content (AvgIpc) is 2.89. The van der Waals surface area contributed by atoms with Crippen molar-refractivity contribution < 1.29 is 18.6 Å². The molecule has 1 aliphatic rings. The van der Waals surface area contributed by atoms with Crippen LogP contribution in [0.1, 0.15) is 40.3 Å². The normalized spacial score (nSPS) is 16.8. The third-order valence-corrected chi connectivity index (χ3v) is 9.73. The van der Waals surface area contributed by atoms with Crippen LogP contribution in [-0.2, 0) is 9.48 Å². The van der Waals surface area contributed by atoms with E-state index in [9.17, 15) is 13.9 Å². The van der Waals surface area contributed by atoms with Gasteiger partial charge in [0.05, 0.1) is 29.7 Å². The highest BCUT2D eigenvalue weighted by atomic mass is 32.3. The highest BCUT2D eigenvalue weighted by Gasteiger charge is 2.40. The Morgan fingerprint density at radius 1 is 1.13 bits per heavy atom. The van der Waals surface area contributed by atoms with Crippen molar-refractivity contribution in [3.63, 3.8) is 0 Å². The number of benzene rings is 1. The summed E-state index contributed by atoms with van der Waals surface area (Å²) in [5.74, 6) is 1.63. The van der Waals surface area contributed by atoms with Gasteiger partial charge in [-0.05, 0) is 71.0 Å². The zero-order valence-electron chi connectivity index (χ0n) is 22.4. The van der Waals surface area contributed by atoms with Gasteiger partial charge in [0.15, 0.2) is 5.82 Å². The molecule has 1 aromatic carbocycles. The van der Waals surface area contributed by atoms with Crippen LogP contribution in [0.4, 0.5) is 22.1 Å². The number of hydrogen-bond acceptors (Lipinski definition) is 8. The average molecular weight is 541 g/mol. The number of nitrogens with one attached hydrogen (secondary N) is 2. The molecule has 204 valence electrons. The number of urea groups is 1. The number of rotatable bonds is 7. The Kier molecular flexibility index (Phi) is 8.22. The van der Waals surface area contributed by atoms with Gasteiger partial charge in [0.2, 0.25) is 0 Å². The molecular weight excluding hydrogens is 504 g/mol. The molecule has 0 radical (unpaired) electrons. The second-order valence-corrected chi connectivity index (χ2v) is 13.2. The molecule has 0 bridgehead atoms. The fourth-order valence-corrected chi connectivity index (χ4v) is 5.84. The molecule has 1 aliphatic heterocycles. The monoisotopic (exact) mass is 540 g/mol. The van der Waals surface area contributed by atoms with E-state index in [1.54, 1.807) is 50.4 Å². The summed E-state index contributed by atoms with van der Waals surface area (Å²) in [6.45, 7) is 11.2. The minimum atomic E-state index is -3.03. The quantitative estimate of drug-likeness (QED) is 0.295. The van der Waals surface area contributed by atoms with Gasteiger partial charge in [-0.15, -0.1) is 0 Å². The standard InChI is InChI=1S/C27H36N6O4S/c1-18(2)38(35,36)27(4,5)22-16-24(33-14-15-37-17-19(33)3)32-25(30-22)20-9-11-21(12-10-20)29-26(34)31-23-8-6-7-13-28-23/h6-13,16,18-19,35-36H,14-15,17H2,1-5H3,(H2,28,29,31,34)/t19-/m0/s1. The van der Waals surface area contributed by atoms with Crippen molar-refractivity contribution in [1.82, 2.24) is 15.0 Å². The molecule has 1 saturated heterocycles. The number of ether oxygens (including phenoxy) is 1. The summed E-state index contributed by atoms with van der Waals surface area (Å²) in [7, 11) is -3.03. The van der Waals surface area contributed by atoms with Gasteiger partial charge in [-0.3, -0.25) is 14.4 Å². The van der Waals surface area contributed by atoms with E-state index in [-0.39, 0.29) is 11.3 Å². The molecule has 2 amide bonds. The van der Waals surface area contributed by atoms with E-state index in [0.29, 0.717) is 48.6 Å². The van der Waals surface area contributed by atoms with Gasteiger partial charge in [0, 0.05) is 35.3 Å². The van der Waals surface area contributed by atoms with Crippen molar-refractivity contribution in [1.29, 1.82) is 0 Å². The topological polar surface area (TPSA) is 133 Å². The molecule has 1 atom stereocenters. The van der Waals surface area contributed by atoms with Crippen molar-refractivity contribution in [3.05, 3.63) is 60.4 Å². The largest absolute Gasteiger partial charge is 0.377 e. The Bertz CT molecular complexity index is 1250. The summed E-state index contributed by atoms with van der Waals surface area (Å²) < 4.78 is 26.8. The second kappa shape index (κ2) is 11.2. The fourth-order valence-electron chi connectivity index (χ4n) is 4.25. The lowest BCUT2D eigenvalue weighted by Crippen LogP contribution is -2.44. The van der Waals surface area contributed by atoms with E-state index in [2.05, 4.69) is 27.4 Å². The van der Waals surface area contributed by atoms with Gasteiger partial charge in [-0.2, -0.15) is 10.6 Å². The summed E-state index contributed by atoms with van der Waals surface area (Å²) >= 11 is 0. The van der Waals surface area contributed by atoms with E-state index in [4.69, 9.17) is 14.7 Å². The minimum absolute atomic E-state index is 0.108. The molecule has 3 aromatic rings. The molecule has 4 rings (SSSR count). The molecule has 0 unspecified atom stereocenters. The van der Waals surface area contributed by atoms with Crippen LogP contribution in [0.15, 0.2) is 54.7 Å². The summed E-state index contributed by atoms with van der Waals surface area (Å²) in [5.41, 5.74) is 1.89. The third kappa shape index (κ3) is 5.91. The minimum Gasteiger partial charge on any atom is -0.377 e. The lowest BCUT2D eigenvalue weighted by Gasteiger charge is -2.49. The maximum atomic E-state index is 12.3. The molecule has 4 N–H and O–H groups in total. The van der Waals surface area contributed by atoms with Crippen LogP contribution < -0.4 is 15.5 Å². The lowest BCUT2D eigenvalue weighted by molar-refractivity contribution is 0.0985. The first-order chi connectivity index (χ1) is 18.0. The van der Waals surface area contributed by atoms with Crippen molar-refractivity contribution in [2.45, 2.75) is 50.7 Å². The Morgan fingerprint density at radius 3 is 2.50 bits per heavy atom. The Hall–Kier alpha value is -3.25. The van der Waals surface area contributed by atoms with Gasteiger partial charge in [0.1, 0.15) is 11.6 Å². The van der Waals surface area contributed by atoms with Crippen LogP contribution in [0.3, 0.4) is 0 Å². The predicted molar refractivity (Wildman–Crippen MR) is 153 cm³/mol. The number of amides is 2. The molecule has 1 fully saturated rings. The molecule has 0 saturated carbocycles. The van der Waals surface area contributed by atoms with Crippen LogP contribution in [-0.4, -0.2) is 61.1 Å². The molecule has 0 aliphatic carbocycles. The number of nitrogens with zero attached hydrogens (tertiary/aromatic N) is 4. The van der Waals surface area contributed by atoms with E-state index in [1.807, 2.05) is 32.0 Å². The van der Waals surface area contributed by atoms with Gasteiger partial charge in [-0.25, -0.2) is 19.7 Å². The van der Waals surface area contributed by atoms with Crippen molar-refractivity contribution >= 4 is 33.9 Å². The second-order valence-electron chi connectivity index (χ2n) is 10.1. The van der Waals surface area contributed by atoms with Crippen LogP contribution >= 0.6 is 10.6 Å². The maximum absolute atomic E-state index is 12.3. The summed E-state index contributed by atoms with van der Waals surface area (Å²) in [4.78, 5) is 28.3. The zero-order chi connectivity index (χ0) is 27.5. The predicted octanol–water partition coefficient (Wildman–Crippen LogP) is 5.80. The number of pyridine rings is 1. The van der Waals surface area contributed by atoms with Crippen LogP contribution in [0.5, 0.6) is 0 Å². The van der Waals surface area contributed by atoms with Gasteiger partial charge in [0.25, 0.3) is 0 Å². The number of carbonyl (C=O) groups is 1. The number of hydrogen-bond donors (Lipinski definition) is 4. The smallest absolute Gasteiger partial charge is 0.324 e. The number of carbonyl (C=O) groups excluding carboxylic acids is 1. The molecule has 10 nitrogen and oxygen atoms in total. The third-order valence-electron chi connectivity index (χ3n) is 6.71. The zero-order valence-corrected chi connectivity index (χ0v) is 23.2. The fraction of sp³-hybridized carbons (Fsp3) is 0.407. The molecular formula is C27H36N6O4S. The Balaban J connectivity index is 1.65. The van der Waals surface area contributed by atoms with Crippen LogP contribution in [0, 0.1) is 0 Å². The van der Waals surface area contributed by atoms with Crippen molar-refractivity contribution in [2.75, 3.05) is 35.3 Å². The summed E-state index contributed by atoms with van der Waals surface area (Å²) in [5, 5.41) is 5.13. The number of morpholine rings is 1. The van der Waals surface area contributed by atoms with E-state index >= 15 is 0 Å². The maximum Gasteiger partial charge on any atom is 0.324 e. The SMILES string of the molecule is CC(C)S(O)(O)C(C)(C)c1cc(N2CCOC[C@@H]2C)nc(-c2ccc(NC(=O)Nc3ccccn3)cc2)n1. The van der Waals surface area contributed by atoms with E-state index < -0.39 is 21.4 Å². The van der Waals surface area contributed by atoms with E-state index in [1.165, 1.54) is 0 Å².